The number of aliphatic imine (C=N–C) groups is 1. The second-order valence-corrected chi connectivity index (χ2v) is 7.81. The molecule has 0 spiro atoms. The van der Waals surface area contributed by atoms with Crippen molar-refractivity contribution in [2.45, 2.75) is 46.7 Å². The maximum Gasteiger partial charge on any atom is 0.194 e. The number of thiophene rings is 1. The number of nitrogens with zero attached hydrogens (tertiary/aromatic N) is 2. The Bertz CT molecular complexity index is 485. The minimum atomic E-state index is 0.153. The summed E-state index contributed by atoms with van der Waals surface area (Å²) in [6.45, 7) is 13.3. The van der Waals surface area contributed by atoms with Gasteiger partial charge in [0.05, 0.1) is 6.54 Å². The molecular formula is C15H25N3S. The van der Waals surface area contributed by atoms with E-state index in [-0.39, 0.29) is 5.54 Å². The normalized spacial score (nSPS) is 21.2. The lowest BCUT2D eigenvalue weighted by atomic mass is 9.65. The number of aryl methyl sites for hydroxylation is 1. The first-order valence-corrected chi connectivity index (χ1v) is 7.63. The minimum Gasteiger partial charge on any atom is -0.351 e. The van der Waals surface area contributed by atoms with Crippen LogP contribution >= 0.6 is 11.3 Å². The highest BCUT2D eigenvalue weighted by molar-refractivity contribution is 7.11. The molecule has 1 aliphatic rings. The van der Waals surface area contributed by atoms with Gasteiger partial charge in [0, 0.05) is 34.3 Å². The molecule has 0 saturated carbocycles. The number of likely N-dealkylation sites (tertiary alicyclic amines) is 1. The highest BCUT2D eigenvalue weighted by atomic mass is 32.1. The lowest BCUT2D eigenvalue weighted by Gasteiger charge is -2.62. The van der Waals surface area contributed by atoms with Gasteiger partial charge in [0.25, 0.3) is 0 Å². The average Bonchev–Trinajstić information content (AvgIpc) is 2.74. The van der Waals surface area contributed by atoms with E-state index in [1.54, 1.807) is 0 Å². The van der Waals surface area contributed by atoms with Gasteiger partial charge in [0.2, 0.25) is 0 Å². The third-order valence-electron chi connectivity index (χ3n) is 4.57. The number of nitrogens with one attached hydrogen (secondary N) is 1. The Balaban J connectivity index is 1.99. The predicted molar refractivity (Wildman–Crippen MR) is 83.8 cm³/mol. The Morgan fingerprint density at radius 2 is 2.05 bits per heavy atom. The molecule has 2 heterocycles. The van der Waals surface area contributed by atoms with Crippen molar-refractivity contribution in [3.8, 4) is 0 Å². The minimum absolute atomic E-state index is 0.153. The molecule has 2 rings (SSSR count). The second-order valence-electron chi connectivity index (χ2n) is 6.44. The van der Waals surface area contributed by atoms with E-state index >= 15 is 0 Å². The van der Waals surface area contributed by atoms with Crippen LogP contribution in [0.4, 0.5) is 0 Å². The fraction of sp³-hybridized carbons (Fsp3) is 0.667. The van der Waals surface area contributed by atoms with E-state index < -0.39 is 0 Å². The summed E-state index contributed by atoms with van der Waals surface area (Å²) in [4.78, 5) is 9.51. The van der Waals surface area contributed by atoms with E-state index in [1.165, 1.54) is 9.75 Å². The van der Waals surface area contributed by atoms with Gasteiger partial charge in [0.1, 0.15) is 0 Å². The van der Waals surface area contributed by atoms with Gasteiger partial charge in [0.15, 0.2) is 5.96 Å². The van der Waals surface area contributed by atoms with Crippen LogP contribution in [0.3, 0.4) is 0 Å². The number of hydrogen-bond donors (Lipinski definition) is 1. The van der Waals surface area contributed by atoms with Crippen LogP contribution in [0, 0.1) is 12.3 Å². The molecule has 0 radical (unpaired) electrons. The molecule has 0 aliphatic carbocycles. The summed E-state index contributed by atoms with van der Waals surface area (Å²) in [7, 11) is 1.86. The summed E-state index contributed by atoms with van der Waals surface area (Å²) in [5.74, 6) is 1.01. The maximum absolute atomic E-state index is 4.43. The SMILES string of the molecule is CN=C(NCc1ccc(C)s1)N1CC(C)(C)C1(C)C. The van der Waals surface area contributed by atoms with Gasteiger partial charge >= 0.3 is 0 Å². The standard InChI is InChI=1S/C15H25N3S/c1-11-7-8-12(19-11)9-17-13(16-6)18-10-14(2,3)15(18,4)5/h7-8H,9-10H2,1-6H3,(H,16,17). The van der Waals surface area contributed by atoms with E-state index in [9.17, 15) is 0 Å². The lowest BCUT2D eigenvalue weighted by molar-refractivity contribution is -0.0667. The molecule has 1 aliphatic heterocycles. The van der Waals surface area contributed by atoms with Crippen LogP contribution in [-0.2, 0) is 6.54 Å². The van der Waals surface area contributed by atoms with Gasteiger partial charge in [-0.05, 0) is 32.9 Å². The Labute approximate surface area is 120 Å². The van der Waals surface area contributed by atoms with E-state index in [1.807, 2.05) is 18.4 Å². The molecule has 19 heavy (non-hydrogen) atoms. The predicted octanol–water partition coefficient (Wildman–Crippen LogP) is 3.25. The van der Waals surface area contributed by atoms with E-state index in [4.69, 9.17) is 0 Å². The number of guanidine groups is 1. The fourth-order valence-electron chi connectivity index (χ4n) is 2.44. The molecule has 0 unspecified atom stereocenters. The third kappa shape index (κ3) is 2.50. The van der Waals surface area contributed by atoms with Gasteiger partial charge < -0.3 is 10.2 Å². The maximum atomic E-state index is 4.43. The van der Waals surface area contributed by atoms with Crippen molar-refractivity contribution in [3.05, 3.63) is 21.9 Å². The van der Waals surface area contributed by atoms with Crippen molar-refractivity contribution in [2.75, 3.05) is 13.6 Å². The van der Waals surface area contributed by atoms with Crippen molar-refractivity contribution in [2.24, 2.45) is 10.4 Å². The van der Waals surface area contributed by atoms with Crippen molar-refractivity contribution < 1.29 is 0 Å². The van der Waals surface area contributed by atoms with Crippen LogP contribution in [0.25, 0.3) is 0 Å². The largest absolute Gasteiger partial charge is 0.351 e. The Morgan fingerprint density at radius 3 is 2.47 bits per heavy atom. The molecule has 0 atom stereocenters. The Hall–Kier alpha value is -1.03. The average molecular weight is 279 g/mol. The van der Waals surface area contributed by atoms with Gasteiger partial charge in [-0.2, -0.15) is 0 Å². The zero-order valence-corrected chi connectivity index (χ0v) is 13.7. The first kappa shape index (κ1) is 14.4. The molecule has 106 valence electrons. The monoisotopic (exact) mass is 279 g/mol. The topological polar surface area (TPSA) is 27.6 Å². The van der Waals surface area contributed by atoms with E-state index in [2.05, 4.69) is 62.0 Å². The molecule has 1 fully saturated rings. The Morgan fingerprint density at radius 1 is 1.37 bits per heavy atom. The highest BCUT2D eigenvalue weighted by Crippen LogP contribution is 2.46. The van der Waals surface area contributed by atoms with Crippen molar-refractivity contribution in [1.29, 1.82) is 0 Å². The van der Waals surface area contributed by atoms with Gasteiger partial charge in [-0.15, -0.1) is 11.3 Å². The summed E-state index contributed by atoms with van der Waals surface area (Å²) < 4.78 is 0. The van der Waals surface area contributed by atoms with Crippen molar-refractivity contribution in [3.63, 3.8) is 0 Å². The van der Waals surface area contributed by atoms with Crippen molar-refractivity contribution >= 4 is 17.3 Å². The lowest BCUT2D eigenvalue weighted by Crippen LogP contribution is -2.72. The van der Waals surface area contributed by atoms with Crippen LogP contribution < -0.4 is 5.32 Å². The third-order valence-corrected chi connectivity index (χ3v) is 5.57. The molecule has 0 bridgehead atoms. The first-order valence-electron chi connectivity index (χ1n) is 6.81. The molecule has 1 aromatic rings. The summed E-state index contributed by atoms with van der Waals surface area (Å²) in [6, 6.07) is 4.35. The van der Waals surface area contributed by atoms with Gasteiger partial charge in [-0.25, -0.2) is 0 Å². The van der Waals surface area contributed by atoms with Crippen LogP contribution in [0.15, 0.2) is 17.1 Å². The van der Waals surface area contributed by atoms with Crippen molar-refractivity contribution in [1.82, 2.24) is 10.2 Å². The molecule has 4 heteroatoms. The molecular weight excluding hydrogens is 254 g/mol. The van der Waals surface area contributed by atoms with Crippen LogP contribution in [-0.4, -0.2) is 30.0 Å². The van der Waals surface area contributed by atoms with E-state index in [0.717, 1.165) is 19.0 Å². The fourth-order valence-corrected chi connectivity index (χ4v) is 3.27. The van der Waals surface area contributed by atoms with Crippen LogP contribution in [0.1, 0.15) is 37.4 Å². The zero-order chi connectivity index (χ0) is 14.3. The van der Waals surface area contributed by atoms with Gasteiger partial charge in [-0.3, -0.25) is 4.99 Å². The van der Waals surface area contributed by atoms with E-state index in [0.29, 0.717) is 5.41 Å². The molecule has 1 aromatic heterocycles. The molecule has 1 saturated heterocycles. The smallest absolute Gasteiger partial charge is 0.194 e. The molecule has 0 aromatic carbocycles. The second kappa shape index (κ2) is 4.82. The van der Waals surface area contributed by atoms with Crippen LogP contribution in [0.5, 0.6) is 0 Å². The molecule has 3 nitrogen and oxygen atoms in total. The number of hydrogen-bond acceptors (Lipinski definition) is 2. The first-order chi connectivity index (χ1) is 8.78. The zero-order valence-electron chi connectivity index (χ0n) is 12.9. The molecule has 1 N–H and O–H groups in total. The quantitative estimate of drug-likeness (QED) is 0.665. The van der Waals surface area contributed by atoms with Crippen LogP contribution in [0.2, 0.25) is 0 Å². The highest BCUT2D eigenvalue weighted by Gasteiger charge is 2.53. The Kier molecular flexibility index (Phi) is 3.65. The van der Waals surface area contributed by atoms with Gasteiger partial charge in [-0.1, -0.05) is 13.8 Å². The number of rotatable bonds is 2. The molecule has 0 amide bonds. The summed E-state index contributed by atoms with van der Waals surface area (Å²) in [5.41, 5.74) is 0.490. The summed E-state index contributed by atoms with van der Waals surface area (Å²) in [5, 5.41) is 3.48. The summed E-state index contributed by atoms with van der Waals surface area (Å²) >= 11 is 1.84. The summed E-state index contributed by atoms with van der Waals surface area (Å²) in [6.07, 6.45) is 0.